The summed E-state index contributed by atoms with van der Waals surface area (Å²) >= 11 is 0. The summed E-state index contributed by atoms with van der Waals surface area (Å²) < 4.78 is 97.0. The number of nitrogens with one attached hydrogen (secondary N) is 2. The average Bonchev–Trinajstić information content (AvgIpc) is 3.67. The second-order valence-electron chi connectivity index (χ2n) is 8.85. The van der Waals surface area contributed by atoms with E-state index in [9.17, 15) is 39.5 Å². The van der Waals surface area contributed by atoms with Gasteiger partial charge in [0.15, 0.2) is 5.65 Å². The first-order valence-corrected chi connectivity index (χ1v) is 12.5. The Morgan fingerprint density at radius 2 is 1.19 bits per heavy atom. The fraction of sp³-hybridized carbons (Fsp3) is 0.280. The summed E-state index contributed by atoms with van der Waals surface area (Å²) in [5.74, 6) is -8.27. The third kappa shape index (κ3) is 11.8. The first kappa shape index (κ1) is 37.8. The van der Waals surface area contributed by atoms with E-state index in [2.05, 4.69) is 54.8 Å². The van der Waals surface area contributed by atoms with Crippen LogP contribution in [0.5, 0.6) is 0 Å². The van der Waals surface area contributed by atoms with Crippen LogP contribution in [0.15, 0.2) is 55.2 Å². The minimum absolute atomic E-state index is 0.826. The largest absolute Gasteiger partial charge is 0.490 e. The van der Waals surface area contributed by atoms with E-state index in [0.29, 0.717) is 0 Å². The van der Waals surface area contributed by atoms with Gasteiger partial charge in [-0.25, -0.2) is 23.9 Å². The lowest BCUT2D eigenvalue weighted by Gasteiger charge is -2.29. The molecule has 1 fully saturated rings. The van der Waals surface area contributed by atoms with Gasteiger partial charge >= 0.3 is 36.4 Å². The summed E-state index contributed by atoms with van der Waals surface area (Å²) in [5, 5.41) is 36.0. The molecule has 0 atom stereocenters. The summed E-state index contributed by atoms with van der Waals surface area (Å²) in [7, 11) is 0. The third-order valence-electron chi connectivity index (χ3n) is 5.58. The highest BCUT2D eigenvalue weighted by Crippen LogP contribution is 2.26. The molecule has 0 amide bonds. The van der Waals surface area contributed by atoms with E-state index in [1.807, 2.05) is 29.3 Å². The van der Waals surface area contributed by atoms with Gasteiger partial charge in [-0.15, -0.1) is 0 Å². The molecule has 0 saturated carbocycles. The van der Waals surface area contributed by atoms with Crippen molar-refractivity contribution in [1.29, 1.82) is 0 Å². The second-order valence-corrected chi connectivity index (χ2v) is 8.85. The monoisotopic (exact) mass is 687 g/mol. The van der Waals surface area contributed by atoms with Crippen LogP contribution in [0.2, 0.25) is 0 Å². The molecular weight excluding hydrogens is 665 g/mol. The Kier molecular flexibility index (Phi) is 12.6. The maximum atomic E-state index is 10.6. The van der Waals surface area contributed by atoms with Gasteiger partial charge in [0.2, 0.25) is 0 Å². The molecule has 1 aliphatic heterocycles. The molecular formula is C25H22F9N7O6. The number of nitrogens with zero attached hydrogens (tertiary/aromatic N) is 5. The van der Waals surface area contributed by atoms with Crippen LogP contribution in [-0.2, 0) is 14.4 Å². The third-order valence-corrected chi connectivity index (χ3v) is 5.58. The molecule has 0 aliphatic carbocycles. The van der Waals surface area contributed by atoms with Crippen LogP contribution in [0.1, 0.15) is 0 Å². The summed E-state index contributed by atoms with van der Waals surface area (Å²) in [6, 6.07) is 8.68. The molecule has 4 aromatic rings. The first-order valence-electron chi connectivity index (χ1n) is 12.5. The molecule has 0 unspecified atom stereocenters. The highest BCUT2D eigenvalue weighted by atomic mass is 19.4. The van der Waals surface area contributed by atoms with Gasteiger partial charge in [0.1, 0.15) is 0 Å². The molecule has 0 spiro atoms. The first-order chi connectivity index (χ1) is 21.7. The van der Waals surface area contributed by atoms with Gasteiger partial charge < -0.3 is 25.5 Å². The number of piperazine rings is 1. The summed E-state index contributed by atoms with van der Waals surface area (Å²) in [6.07, 6.45) is -5.88. The van der Waals surface area contributed by atoms with Crippen molar-refractivity contribution in [3.63, 3.8) is 0 Å². The molecule has 3 aromatic heterocycles. The lowest BCUT2D eigenvalue weighted by molar-refractivity contribution is -0.193. The van der Waals surface area contributed by atoms with E-state index in [1.165, 1.54) is 5.69 Å². The van der Waals surface area contributed by atoms with Gasteiger partial charge in [0.25, 0.3) is 0 Å². The average molecular weight is 687 g/mol. The van der Waals surface area contributed by atoms with E-state index < -0.39 is 36.4 Å². The smallest absolute Gasteiger partial charge is 0.475 e. The molecule has 47 heavy (non-hydrogen) atoms. The van der Waals surface area contributed by atoms with Gasteiger partial charge in [-0.1, -0.05) is 12.1 Å². The van der Waals surface area contributed by atoms with Crippen molar-refractivity contribution in [2.45, 2.75) is 18.5 Å². The lowest BCUT2D eigenvalue weighted by Crippen LogP contribution is -2.43. The Labute approximate surface area is 256 Å². The minimum Gasteiger partial charge on any atom is -0.475 e. The van der Waals surface area contributed by atoms with Gasteiger partial charge in [0.05, 0.1) is 12.4 Å². The van der Waals surface area contributed by atoms with Crippen molar-refractivity contribution in [3.05, 3.63) is 55.2 Å². The number of hydrogen-bond donors (Lipinski definition) is 5. The molecule has 1 aromatic carbocycles. The van der Waals surface area contributed by atoms with Crippen molar-refractivity contribution in [1.82, 2.24) is 30.1 Å². The van der Waals surface area contributed by atoms with Crippen molar-refractivity contribution in [3.8, 4) is 22.3 Å². The Bertz CT molecular complexity index is 1560. The highest BCUT2D eigenvalue weighted by Gasteiger charge is 2.39. The predicted molar refractivity (Wildman–Crippen MR) is 142 cm³/mol. The quantitative estimate of drug-likeness (QED) is 0.195. The zero-order valence-electron chi connectivity index (χ0n) is 23.2. The zero-order valence-corrected chi connectivity index (χ0v) is 23.2. The van der Waals surface area contributed by atoms with Crippen LogP contribution in [0.25, 0.3) is 27.9 Å². The second kappa shape index (κ2) is 15.7. The number of carbonyl (C=O) groups is 3. The standard InChI is InChI=1S/C19H19N7.3C2HF3O2/c1-3-17(25-7-5-20-6-8-25)4-2-14(1)16-9-21-19-18(12-24-26(19)13-16)15-10-22-23-11-15;3*3-2(4,5)1(6)7/h1-4,9-13,20H,5-8H2,(H,22,23);3*(H,6,7). The topological polar surface area (TPSA) is 186 Å². The molecule has 4 heterocycles. The normalized spacial score (nSPS) is 13.3. The summed E-state index contributed by atoms with van der Waals surface area (Å²) in [6.45, 7) is 4.19. The molecule has 22 heteroatoms. The number of aromatic amines is 1. The number of aliphatic carboxylic acids is 3. The molecule has 0 bridgehead atoms. The van der Waals surface area contributed by atoms with Crippen LogP contribution in [-0.4, -0.2) is 103 Å². The number of benzene rings is 1. The number of alkyl halides is 9. The van der Waals surface area contributed by atoms with Crippen LogP contribution < -0.4 is 10.2 Å². The van der Waals surface area contributed by atoms with Crippen molar-refractivity contribution in [2.75, 3.05) is 31.1 Å². The molecule has 0 radical (unpaired) electrons. The van der Waals surface area contributed by atoms with Crippen LogP contribution in [0.4, 0.5) is 45.2 Å². The number of fused-ring (bicyclic) bond motifs is 1. The molecule has 1 aliphatic rings. The molecule has 13 nitrogen and oxygen atoms in total. The number of anilines is 1. The predicted octanol–water partition coefficient (Wildman–Crippen LogP) is 4.10. The number of halogens is 9. The fourth-order valence-electron chi connectivity index (χ4n) is 3.41. The summed E-state index contributed by atoms with van der Waals surface area (Å²) in [5.41, 5.74) is 6.24. The van der Waals surface area contributed by atoms with E-state index >= 15 is 0 Å². The van der Waals surface area contributed by atoms with Crippen LogP contribution >= 0.6 is 0 Å². The Balaban J connectivity index is 0.000000301. The van der Waals surface area contributed by atoms with Gasteiger partial charge in [-0.2, -0.15) is 49.7 Å². The van der Waals surface area contributed by atoms with Gasteiger partial charge in [0, 0.05) is 67.1 Å². The molecule has 5 rings (SSSR count). The fourth-order valence-corrected chi connectivity index (χ4v) is 3.41. The molecule has 256 valence electrons. The Morgan fingerprint density at radius 1 is 0.702 bits per heavy atom. The zero-order chi connectivity index (χ0) is 35.6. The van der Waals surface area contributed by atoms with Crippen molar-refractivity contribution < 1.29 is 69.2 Å². The maximum Gasteiger partial charge on any atom is 0.490 e. The van der Waals surface area contributed by atoms with Crippen molar-refractivity contribution in [2.24, 2.45) is 0 Å². The number of H-pyrrole nitrogens is 1. The number of carboxylic acids is 3. The van der Waals surface area contributed by atoms with E-state index in [1.54, 1.807) is 6.20 Å². The van der Waals surface area contributed by atoms with Gasteiger partial charge in [-0.3, -0.25) is 5.10 Å². The van der Waals surface area contributed by atoms with E-state index in [4.69, 9.17) is 29.7 Å². The number of hydrogen-bond acceptors (Lipinski definition) is 8. The molecule has 5 N–H and O–H groups in total. The maximum absolute atomic E-state index is 10.6. The number of aromatic nitrogens is 5. The van der Waals surface area contributed by atoms with Gasteiger partial charge in [-0.05, 0) is 17.7 Å². The number of rotatable bonds is 3. The molecule has 1 saturated heterocycles. The SMILES string of the molecule is O=C(O)C(F)(F)F.O=C(O)C(F)(F)F.O=C(O)C(F)(F)F.c1cc(N2CCNCC2)ccc1-c1cnc2c(-c3cn[nH]c3)cnn2c1. The minimum atomic E-state index is -5.08. The van der Waals surface area contributed by atoms with E-state index in [-0.39, 0.29) is 0 Å². The van der Waals surface area contributed by atoms with Crippen LogP contribution in [0, 0.1) is 0 Å². The van der Waals surface area contributed by atoms with Crippen LogP contribution in [0.3, 0.4) is 0 Å². The number of carboxylic acid groups (broad SMARTS) is 3. The lowest BCUT2D eigenvalue weighted by atomic mass is 10.1. The Morgan fingerprint density at radius 3 is 1.62 bits per heavy atom. The Hall–Kier alpha value is -5.41. The van der Waals surface area contributed by atoms with E-state index in [0.717, 1.165) is 54.1 Å². The highest BCUT2D eigenvalue weighted by molar-refractivity contribution is 5.77. The van der Waals surface area contributed by atoms with Crippen molar-refractivity contribution >= 4 is 29.2 Å². The summed E-state index contributed by atoms with van der Waals surface area (Å²) in [4.78, 5) is 33.7.